The van der Waals surface area contributed by atoms with Crippen molar-refractivity contribution >= 4 is 11.0 Å². The second-order valence-corrected chi connectivity index (χ2v) is 7.72. The van der Waals surface area contributed by atoms with E-state index < -0.39 is 0 Å². The molecule has 0 radical (unpaired) electrons. The first-order valence-electron chi connectivity index (χ1n) is 9.56. The van der Waals surface area contributed by atoms with Crippen LogP contribution in [-0.2, 0) is 6.54 Å². The molecule has 0 aliphatic carbocycles. The minimum atomic E-state index is -0.329. The molecule has 0 unspecified atom stereocenters. The van der Waals surface area contributed by atoms with E-state index in [9.17, 15) is 4.79 Å². The second kappa shape index (κ2) is 7.32. The molecule has 0 saturated carbocycles. The maximum Gasteiger partial charge on any atom is 0.344 e. The fraction of sp³-hybridized carbons (Fsp3) is 0.348. The zero-order valence-electron chi connectivity index (χ0n) is 16.7. The van der Waals surface area contributed by atoms with Gasteiger partial charge in [-0.1, -0.05) is 26.0 Å². The summed E-state index contributed by atoms with van der Waals surface area (Å²) >= 11 is 0. The molecule has 5 nitrogen and oxygen atoms in total. The monoisotopic (exact) mass is 379 g/mol. The average Bonchev–Trinajstić information content (AvgIpc) is 2.68. The van der Waals surface area contributed by atoms with Gasteiger partial charge >= 0.3 is 5.63 Å². The van der Waals surface area contributed by atoms with Crippen LogP contribution in [0.5, 0.6) is 11.5 Å². The third-order valence-corrected chi connectivity index (χ3v) is 5.18. The fourth-order valence-corrected chi connectivity index (χ4v) is 3.89. The number of ether oxygens (including phenoxy) is 2. The lowest BCUT2D eigenvalue weighted by Gasteiger charge is -2.30. The number of methoxy groups -OCH3 is 1. The molecule has 0 atom stereocenters. The van der Waals surface area contributed by atoms with E-state index in [4.69, 9.17) is 13.9 Å². The summed E-state index contributed by atoms with van der Waals surface area (Å²) in [4.78, 5) is 15.1. The summed E-state index contributed by atoms with van der Waals surface area (Å²) in [5.41, 5.74) is 3.58. The van der Waals surface area contributed by atoms with Crippen molar-refractivity contribution in [3.05, 3.63) is 57.9 Å². The highest BCUT2D eigenvalue weighted by molar-refractivity contribution is 5.90. The normalized spacial score (nSPS) is 14.2. The molecule has 2 heterocycles. The van der Waals surface area contributed by atoms with Crippen LogP contribution in [0.4, 0.5) is 0 Å². The molecule has 3 aromatic rings. The zero-order chi connectivity index (χ0) is 19.8. The van der Waals surface area contributed by atoms with Crippen LogP contribution in [0.3, 0.4) is 0 Å². The topological polar surface area (TPSA) is 51.9 Å². The minimum absolute atomic E-state index is 0.329. The van der Waals surface area contributed by atoms with Gasteiger partial charge in [0.15, 0.2) is 0 Å². The molecule has 1 aliphatic rings. The molecule has 1 aromatic heterocycles. The lowest BCUT2D eigenvalue weighted by atomic mass is 9.97. The summed E-state index contributed by atoms with van der Waals surface area (Å²) in [5.74, 6) is 2.09. The number of hydrogen-bond acceptors (Lipinski definition) is 5. The Hall–Kier alpha value is -2.79. The molecule has 0 bridgehead atoms. The Morgan fingerprint density at radius 3 is 2.57 bits per heavy atom. The van der Waals surface area contributed by atoms with Crippen LogP contribution in [0.15, 0.2) is 45.6 Å². The Morgan fingerprint density at radius 1 is 1.14 bits per heavy atom. The van der Waals surface area contributed by atoms with Crippen LogP contribution < -0.4 is 15.1 Å². The quantitative estimate of drug-likeness (QED) is 0.621. The molecule has 5 heteroatoms. The van der Waals surface area contributed by atoms with Crippen LogP contribution in [-0.4, -0.2) is 25.3 Å². The molecule has 0 saturated heterocycles. The highest BCUT2D eigenvalue weighted by atomic mass is 16.5. The van der Waals surface area contributed by atoms with Crippen LogP contribution in [0, 0.1) is 12.8 Å². The summed E-state index contributed by atoms with van der Waals surface area (Å²) in [6.07, 6.45) is 0. The van der Waals surface area contributed by atoms with E-state index in [0.717, 1.165) is 46.7 Å². The maximum absolute atomic E-state index is 12.9. The van der Waals surface area contributed by atoms with Gasteiger partial charge in [-0.15, -0.1) is 0 Å². The van der Waals surface area contributed by atoms with Crippen molar-refractivity contribution in [3.8, 4) is 22.6 Å². The number of nitrogens with zero attached hydrogens (tertiary/aromatic N) is 1. The van der Waals surface area contributed by atoms with E-state index in [-0.39, 0.29) is 5.63 Å². The van der Waals surface area contributed by atoms with Gasteiger partial charge in [0.05, 0.1) is 18.2 Å². The van der Waals surface area contributed by atoms with Crippen LogP contribution in [0.1, 0.15) is 25.0 Å². The molecule has 2 aromatic carbocycles. The van der Waals surface area contributed by atoms with E-state index in [1.165, 1.54) is 0 Å². The number of hydrogen-bond donors (Lipinski definition) is 0. The number of benzene rings is 2. The maximum atomic E-state index is 12.9. The number of rotatable bonds is 4. The Bertz CT molecular complexity index is 1070. The Labute approximate surface area is 164 Å². The molecule has 1 aliphatic heterocycles. The largest absolute Gasteiger partial charge is 0.497 e. The predicted octanol–water partition coefficient (Wildman–Crippen LogP) is 4.58. The van der Waals surface area contributed by atoms with Crippen molar-refractivity contribution in [2.75, 3.05) is 20.4 Å². The minimum Gasteiger partial charge on any atom is -0.497 e. The first-order valence-corrected chi connectivity index (χ1v) is 9.56. The second-order valence-electron chi connectivity index (χ2n) is 7.72. The Morgan fingerprint density at radius 2 is 1.89 bits per heavy atom. The zero-order valence-corrected chi connectivity index (χ0v) is 16.7. The number of aryl methyl sites for hydroxylation is 1. The lowest BCUT2D eigenvalue weighted by molar-refractivity contribution is 0.0848. The van der Waals surface area contributed by atoms with E-state index in [1.54, 1.807) is 7.11 Å². The molecule has 0 amide bonds. The third-order valence-electron chi connectivity index (χ3n) is 5.18. The molecule has 0 spiro atoms. The van der Waals surface area contributed by atoms with Gasteiger partial charge in [-0.25, -0.2) is 4.79 Å². The molecule has 4 rings (SSSR count). The van der Waals surface area contributed by atoms with E-state index in [1.807, 2.05) is 43.3 Å². The van der Waals surface area contributed by atoms with Gasteiger partial charge in [0.2, 0.25) is 0 Å². The first kappa shape index (κ1) is 18.6. The van der Waals surface area contributed by atoms with Crippen molar-refractivity contribution in [3.63, 3.8) is 0 Å². The van der Waals surface area contributed by atoms with Crippen molar-refractivity contribution < 1.29 is 13.9 Å². The standard InChI is InChI=1S/C23H25NO4/c1-14(2)11-24-12-19-20(27-13-24)10-9-18-15(3)21(23(25)28-22(18)19)16-5-7-17(26-4)8-6-16/h5-10,14H,11-13H2,1-4H3. The predicted molar refractivity (Wildman–Crippen MR) is 110 cm³/mol. The summed E-state index contributed by atoms with van der Waals surface area (Å²) in [6.45, 7) is 8.55. The molecule has 28 heavy (non-hydrogen) atoms. The fourth-order valence-electron chi connectivity index (χ4n) is 3.89. The van der Waals surface area contributed by atoms with E-state index >= 15 is 0 Å². The first-order chi connectivity index (χ1) is 13.5. The molecule has 0 N–H and O–H groups in total. The van der Waals surface area contributed by atoms with Crippen molar-refractivity contribution in [1.82, 2.24) is 4.90 Å². The van der Waals surface area contributed by atoms with Gasteiger partial charge in [-0.3, -0.25) is 4.90 Å². The highest BCUT2D eigenvalue weighted by Crippen LogP contribution is 2.35. The molecular weight excluding hydrogens is 354 g/mol. The molecule has 0 fully saturated rings. The summed E-state index contributed by atoms with van der Waals surface area (Å²) in [5, 5.41) is 0.944. The van der Waals surface area contributed by atoms with Crippen molar-refractivity contribution in [1.29, 1.82) is 0 Å². The third kappa shape index (κ3) is 3.27. The molecular formula is C23H25NO4. The van der Waals surface area contributed by atoms with Crippen molar-refractivity contribution in [2.45, 2.75) is 27.3 Å². The SMILES string of the molecule is COc1ccc(-c2c(C)c3ccc4c(c3oc2=O)CN(CC(C)C)CO4)cc1. The Balaban J connectivity index is 1.83. The lowest BCUT2D eigenvalue weighted by Crippen LogP contribution is -2.34. The summed E-state index contributed by atoms with van der Waals surface area (Å²) in [7, 11) is 1.62. The van der Waals surface area contributed by atoms with Crippen molar-refractivity contribution in [2.24, 2.45) is 5.92 Å². The van der Waals surface area contributed by atoms with E-state index in [0.29, 0.717) is 23.8 Å². The van der Waals surface area contributed by atoms with Gasteiger partial charge in [0, 0.05) is 18.5 Å². The van der Waals surface area contributed by atoms with Gasteiger partial charge < -0.3 is 13.9 Å². The van der Waals surface area contributed by atoms with E-state index in [2.05, 4.69) is 18.7 Å². The van der Waals surface area contributed by atoms with Gasteiger partial charge in [0.1, 0.15) is 23.8 Å². The van der Waals surface area contributed by atoms with Crippen LogP contribution in [0.25, 0.3) is 22.1 Å². The molecule has 146 valence electrons. The smallest absolute Gasteiger partial charge is 0.344 e. The van der Waals surface area contributed by atoms with Gasteiger partial charge in [-0.05, 0) is 48.2 Å². The average molecular weight is 379 g/mol. The summed E-state index contributed by atoms with van der Waals surface area (Å²) in [6, 6.07) is 11.4. The highest BCUT2D eigenvalue weighted by Gasteiger charge is 2.24. The Kier molecular flexibility index (Phi) is 4.85. The van der Waals surface area contributed by atoms with Gasteiger partial charge in [-0.2, -0.15) is 0 Å². The van der Waals surface area contributed by atoms with Gasteiger partial charge in [0.25, 0.3) is 0 Å². The van der Waals surface area contributed by atoms with Crippen LogP contribution in [0.2, 0.25) is 0 Å². The summed E-state index contributed by atoms with van der Waals surface area (Å²) < 4.78 is 17.0. The van der Waals surface area contributed by atoms with Crippen LogP contribution >= 0.6 is 0 Å². The number of fused-ring (bicyclic) bond motifs is 3.